The zero-order chi connectivity index (χ0) is 7.82. The van der Waals surface area contributed by atoms with Crippen molar-refractivity contribution in [2.45, 2.75) is 13.8 Å². The van der Waals surface area contributed by atoms with Gasteiger partial charge in [0.2, 0.25) is 0 Å². The molecule has 58 valence electrons. The molecule has 0 aliphatic carbocycles. The summed E-state index contributed by atoms with van der Waals surface area (Å²) >= 11 is 0. The topological polar surface area (TPSA) is 29.5 Å². The van der Waals surface area contributed by atoms with Crippen molar-refractivity contribution in [3.8, 4) is 11.8 Å². The van der Waals surface area contributed by atoms with E-state index in [-0.39, 0.29) is 6.61 Å². The molecule has 0 unspecified atom stereocenters. The molecule has 0 rings (SSSR count). The molecule has 0 heterocycles. The Bertz CT molecular complexity index is 119. The van der Waals surface area contributed by atoms with Crippen molar-refractivity contribution in [2.24, 2.45) is 5.92 Å². The largest absolute Gasteiger partial charge is 0.394 e. The fraction of sp³-hybridized carbons (Fsp3) is 0.750. The first-order valence-corrected chi connectivity index (χ1v) is 3.44. The Kier molecular flexibility index (Phi) is 6.25. The summed E-state index contributed by atoms with van der Waals surface area (Å²) in [5.74, 6) is 6.18. The lowest BCUT2D eigenvalue weighted by Crippen LogP contribution is -1.98. The monoisotopic (exact) mass is 142 g/mol. The summed E-state index contributed by atoms with van der Waals surface area (Å²) in [4.78, 5) is 0. The van der Waals surface area contributed by atoms with Crippen LogP contribution in [0.3, 0.4) is 0 Å². The minimum atomic E-state index is 0.0728. The molecule has 0 radical (unpaired) electrons. The minimum absolute atomic E-state index is 0.0728. The van der Waals surface area contributed by atoms with Gasteiger partial charge in [0.15, 0.2) is 0 Å². The number of rotatable bonds is 3. The summed E-state index contributed by atoms with van der Waals surface area (Å²) in [6, 6.07) is 0. The van der Waals surface area contributed by atoms with Crippen molar-refractivity contribution >= 4 is 0 Å². The van der Waals surface area contributed by atoms with Gasteiger partial charge in [0.1, 0.15) is 6.61 Å². The number of hydrogen-bond acceptors (Lipinski definition) is 2. The van der Waals surface area contributed by atoms with E-state index in [0.29, 0.717) is 19.1 Å². The smallest absolute Gasteiger partial charge is 0.107 e. The van der Waals surface area contributed by atoms with Crippen LogP contribution in [0.5, 0.6) is 0 Å². The third-order valence-electron chi connectivity index (χ3n) is 0.801. The molecule has 0 aromatic rings. The van der Waals surface area contributed by atoms with Gasteiger partial charge in [-0.15, -0.1) is 0 Å². The average Bonchev–Trinajstić information content (AvgIpc) is 1.87. The third kappa shape index (κ3) is 7.48. The molecule has 2 nitrogen and oxygen atoms in total. The summed E-state index contributed by atoms with van der Waals surface area (Å²) in [7, 11) is 0. The highest BCUT2D eigenvalue weighted by molar-refractivity contribution is 5.01. The molecule has 0 aromatic carbocycles. The van der Waals surface area contributed by atoms with Crippen molar-refractivity contribution < 1.29 is 9.84 Å². The molecule has 2 heteroatoms. The molecule has 0 aliphatic heterocycles. The van der Waals surface area contributed by atoms with E-state index >= 15 is 0 Å². The van der Waals surface area contributed by atoms with Gasteiger partial charge in [-0.25, -0.2) is 0 Å². The molecule has 0 fully saturated rings. The molecule has 1 N–H and O–H groups in total. The van der Waals surface area contributed by atoms with Gasteiger partial charge >= 0.3 is 0 Å². The first-order valence-electron chi connectivity index (χ1n) is 3.44. The lowest BCUT2D eigenvalue weighted by molar-refractivity contribution is 0.115. The predicted octanol–water partition coefficient (Wildman–Crippen LogP) is 0.655. The van der Waals surface area contributed by atoms with Crippen LogP contribution < -0.4 is 0 Å². The molecule has 0 aromatic heterocycles. The fourth-order valence-electron chi connectivity index (χ4n) is 0.434. The minimum Gasteiger partial charge on any atom is -0.394 e. The Balaban J connectivity index is 3.12. The van der Waals surface area contributed by atoms with Crippen LogP contribution in [0.25, 0.3) is 0 Å². The van der Waals surface area contributed by atoms with Crippen LogP contribution in [-0.2, 0) is 4.74 Å². The van der Waals surface area contributed by atoms with Crippen LogP contribution in [0.2, 0.25) is 0 Å². The van der Waals surface area contributed by atoms with Gasteiger partial charge in [-0.05, 0) is 0 Å². The summed E-state index contributed by atoms with van der Waals surface area (Å²) in [5, 5.41) is 8.30. The number of aliphatic hydroxyl groups is 1. The summed E-state index contributed by atoms with van der Waals surface area (Å²) in [5.41, 5.74) is 0. The van der Waals surface area contributed by atoms with E-state index in [2.05, 4.69) is 11.8 Å². The summed E-state index contributed by atoms with van der Waals surface area (Å²) < 4.78 is 4.91. The second-order valence-electron chi connectivity index (χ2n) is 2.25. The van der Waals surface area contributed by atoms with Crippen LogP contribution in [0.4, 0.5) is 0 Å². The van der Waals surface area contributed by atoms with E-state index in [9.17, 15) is 0 Å². The van der Waals surface area contributed by atoms with Crippen molar-refractivity contribution in [2.75, 3.05) is 19.8 Å². The second-order valence-corrected chi connectivity index (χ2v) is 2.25. The van der Waals surface area contributed by atoms with E-state index in [1.807, 2.05) is 13.8 Å². The zero-order valence-electron chi connectivity index (χ0n) is 6.55. The molecule has 0 spiro atoms. The molecule has 0 bridgehead atoms. The van der Waals surface area contributed by atoms with E-state index in [1.54, 1.807) is 0 Å². The molecular weight excluding hydrogens is 128 g/mol. The van der Waals surface area contributed by atoms with Crippen LogP contribution in [0, 0.1) is 17.8 Å². The van der Waals surface area contributed by atoms with Gasteiger partial charge in [-0.3, -0.25) is 0 Å². The second kappa shape index (κ2) is 6.60. The summed E-state index contributed by atoms with van der Waals surface area (Å²) in [6.07, 6.45) is 0. The highest BCUT2D eigenvalue weighted by Gasteiger charge is 1.81. The highest BCUT2D eigenvalue weighted by atomic mass is 16.5. The number of aliphatic hydroxyl groups excluding tert-OH is 1. The molecular formula is C8H14O2. The van der Waals surface area contributed by atoms with Crippen LogP contribution in [0.15, 0.2) is 0 Å². The van der Waals surface area contributed by atoms with E-state index < -0.39 is 0 Å². The number of hydrogen-bond donors (Lipinski definition) is 1. The lowest BCUT2D eigenvalue weighted by Gasteiger charge is -1.93. The molecule has 0 atom stereocenters. The van der Waals surface area contributed by atoms with Crippen LogP contribution >= 0.6 is 0 Å². The third-order valence-corrected chi connectivity index (χ3v) is 0.801. The highest BCUT2D eigenvalue weighted by Crippen LogP contribution is 1.84. The quantitative estimate of drug-likeness (QED) is 0.463. The van der Waals surface area contributed by atoms with Crippen molar-refractivity contribution in [3.05, 3.63) is 0 Å². The lowest BCUT2D eigenvalue weighted by atomic mass is 10.2. The van der Waals surface area contributed by atoms with Gasteiger partial charge in [0, 0.05) is 5.92 Å². The SMILES string of the molecule is CC(C)C#CCOCCO. The predicted molar refractivity (Wildman–Crippen MR) is 40.5 cm³/mol. The van der Waals surface area contributed by atoms with Crippen molar-refractivity contribution in [1.82, 2.24) is 0 Å². The maximum Gasteiger partial charge on any atom is 0.107 e. The zero-order valence-corrected chi connectivity index (χ0v) is 6.55. The Morgan fingerprint density at radius 3 is 2.70 bits per heavy atom. The Hall–Kier alpha value is -0.520. The molecule has 0 amide bonds. The Morgan fingerprint density at radius 2 is 2.20 bits per heavy atom. The van der Waals surface area contributed by atoms with Crippen molar-refractivity contribution in [3.63, 3.8) is 0 Å². The Labute approximate surface area is 62.2 Å². The summed E-state index contributed by atoms with van der Waals surface area (Å²) in [6.45, 7) is 4.94. The maximum atomic E-state index is 8.30. The van der Waals surface area contributed by atoms with Crippen LogP contribution in [-0.4, -0.2) is 24.9 Å². The Morgan fingerprint density at radius 1 is 1.50 bits per heavy atom. The van der Waals surface area contributed by atoms with Crippen LogP contribution in [0.1, 0.15) is 13.8 Å². The number of ether oxygens (including phenoxy) is 1. The molecule has 0 aliphatic rings. The van der Waals surface area contributed by atoms with Gasteiger partial charge in [0.05, 0.1) is 13.2 Å². The normalized spacial score (nSPS) is 9.20. The first-order chi connectivity index (χ1) is 4.77. The first kappa shape index (κ1) is 9.48. The standard InChI is InChI=1S/C8H14O2/c1-8(2)4-3-6-10-7-5-9/h8-9H,5-7H2,1-2H3. The van der Waals surface area contributed by atoms with Crippen molar-refractivity contribution in [1.29, 1.82) is 0 Å². The van der Waals surface area contributed by atoms with Gasteiger partial charge in [0.25, 0.3) is 0 Å². The molecule has 0 saturated heterocycles. The van der Waals surface area contributed by atoms with Gasteiger partial charge in [-0.2, -0.15) is 0 Å². The van der Waals surface area contributed by atoms with E-state index in [4.69, 9.17) is 9.84 Å². The van der Waals surface area contributed by atoms with E-state index in [1.165, 1.54) is 0 Å². The van der Waals surface area contributed by atoms with Gasteiger partial charge in [-0.1, -0.05) is 25.7 Å². The fourth-order valence-corrected chi connectivity index (χ4v) is 0.434. The average molecular weight is 142 g/mol. The van der Waals surface area contributed by atoms with Gasteiger partial charge < -0.3 is 9.84 Å². The molecule has 10 heavy (non-hydrogen) atoms. The maximum absolute atomic E-state index is 8.30. The van der Waals surface area contributed by atoms with E-state index in [0.717, 1.165) is 0 Å². The molecule has 0 saturated carbocycles.